The van der Waals surface area contributed by atoms with Gasteiger partial charge < -0.3 is 19.6 Å². The Balaban J connectivity index is 1.65. The van der Waals surface area contributed by atoms with Crippen LogP contribution in [0, 0.1) is 11.7 Å². The molecule has 0 fully saturated rings. The van der Waals surface area contributed by atoms with Crippen LogP contribution in [-0.2, 0) is 0 Å². The van der Waals surface area contributed by atoms with Gasteiger partial charge in [-0.25, -0.2) is 9.37 Å². The SMILES string of the molecule is C[C@@H]1CN([C@@H](C)CO)C(=O)c2cc(C3=CCCCC3)cnc2O[C@@H]1CN(C)C(=O)c1cccc(F)c1. The Hall–Kier alpha value is -3.26. The van der Waals surface area contributed by atoms with E-state index in [4.69, 9.17) is 4.74 Å². The Bertz CT molecular complexity index is 1150. The van der Waals surface area contributed by atoms with E-state index >= 15 is 0 Å². The number of carbonyl (C=O) groups excluding carboxylic acids is 2. The Kier molecular flexibility index (Phi) is 8.04. The molecule has 2 amide bonds. The van der Waals surface area contributed by atoms with Gasteiger partial charge in [0, 0.05) is 31.3 Å². The van der Waals surface area contributed by atoms with Crippen molar-refractivity contribution in [3.63, 3.8) is 0 Å². The average molecular weight is 496 g/mol. The molecule has 0 radical (unpaired) electrons. The molecule has 0 saturated heterocycles. The summed E-state index contributed by atoms with van der Waals surface area (Å²) < 4.78 is 20.0. The van der Waals surface area contributed by atoms with Crippen molar-refractivity contribution in [2.24, 2.45) is 5.92 Å². The molecule has 2 heterocycles. The first-order valence-corrected chi connectivity index (χ1v) is 12.6. The number of halogens is 1. The van der Waals surface area contributed by atoms with Crippen molar-refractivity contribution < 1.29 is 23.8 Å². The summed E-state index contributed by atoms with van der Waals surface area (Å²) in [7, 11) is 1.65. The lowest BCUT2D eigenvalue weighted by Gasteiger charge is -2.37. The topological polar surface area (TPSA) is 83.0 Å². The van der Waals surface area contributed by atoms with Gasteiger partial charge in [-0.2, -0.15) is 0 Å². The molecule has 1 N–H and O–H groups in total. The fraction of sp³-hybridized carbons (Fsp3) is 0.464. The van der Waals surface area contributed by atoms with E-state index in [-0.39, 0.29) is 42.3 Å². The van der Waals surface area contributed by atoms with E-state index in [0.717, 1.165) is 31.2 Å². The number of allylic oxidation sites excluding steroid dienone is 2. The number of aliphatic hydroxyl groups is 1. The minimum absolute atomic E-state index is 0.165. The third kappa shape index (κ3) is 5.59. The van der Waals surface area contributed by atoms with E-state index in [1.54, 1.807) is 24.2 Å². The lowest BCUT2D eigenvalue weighted by molar-refractivity contribution is 0.0313. The predicted molar refractivity (Wildman–Crippen MR) is 135 cm³/mol. The molecule has 192 valence electrons. The highest BCUT2D eigenvalue weighted by molar-refractivity contribution is 5.97. The van der Waals surface area contributed by atoms with Crippen molar-refractivity contribution in [3.05, 3.63) is 65.1 Å². The van der Waals surface area contributed by atoms with Crippen LogP contribution >= 0.6 is 0 Å². The predicted octanol–water partition coefficient (Wildman–Crippen LogP) is 4.17. The highest BCUT2D eigenvalue weighted by Crippen LogP contribution is 2.32. The number of nitrogens with zero attached hydrogens (tertiary/aromatic N) is 3. The second-order valence-electron chi connectivity index (χ2n) is 9.87. The van der Waals surface area contributed by atoms with E-state index < -0.39 is 18.0 Å². The number of aromatic nitrogens is 1. The van der Waals surface area contributed by atoms with E-state index in [1.165, 1.54) is 28.7 Å². The molecule has 4 rings (SSSR count). The van der Waals surface area contributed by atoms with Crippen LogP contribution in [0.1, 0.15) is 65.8 Å². The summed E-state index contributed by atoms with van der Waals surface area (Å²) in [6.45, 7) is 4.15. The Labute approximate surface area is 211 Å². The fourth-order valence-electron chi connectivity index (χ4n) is 4.79. The third-order valence-corrected chi connectivity index (χ3v) is 7.05. The molecule has 0 saturated carbocycles. The maximum absolute atomic E-state index is 13.7. The minimum Gasteiger partial charge on any atom is -0.472 e. The van der Waals surface area contributed by atoms with Crippen LogP contribution in [0.2, 0.25) is 0 Å². The van der Waals surface area contributed by atoms with Crippen LogP contribution in [-0.4, -0.2) is 70.6 Å². The molecule has 2 aliphatic rings. The maximum atomic E-state index is 13.7. The largest absolute Gasteiger partial charge is 0.472 e. The number of aliphatic hydroxyl groups excluding tert-OH is 1. The number of amides is 2. The molecule has 0 unspecified atom stereocenters. The van der Waals surface area contributed by atoms with Gasteiger partial charge in [0.1, 0.15) is 17.5 Å². The van der Waals surface area contributed by atoms with Gasteiger partial charge in [0.05, 0.1) is 19.2 Å². The Morgan fingerprint density at radius 3 is 2.83 bits per heavy atom. The number of benzene rings is 1. The molecule has 1 aliphatic carbocycles. The number of carbonyl (C=O) groups is 2. The molecule has 1 aliphatic heterocycles. The van der Waals surface area contributed by atoms with Crippen LogP contribution in [0.5, 0.6) is 5.88 Å². The molecular weight excluding hydrogens is 461 g/mol. The summed E-state index contributed by atoms with van der Waals surface area (Å²) in [5.41, 5.74) is 2.70. The zero-order valence-electron chi connectivity index (χ0n) is 21.1. The normalized spacial score (nSPS) is 21.0. The quantitative estimate of drug-likeness (QED) is 0.651. The minimum atomic E-state index is -0.473. The first-order valence-electron chi connectivity index (χ1n) is 12.6. The summed E-state index contributed by atoms with van der Waals surface area (Å²) in [6.07, 6.45) is 7.69. The summed E-state index contributed by atoms with van der Waals surface area (Å²) >= 11 is 0. The first-order chi connectivity index (χ1) is 17.3. The smallest absolute Gasteiger partial charge is 0.259 e. The highest BCUT2D eigenvalue weighted by atomic mass is 19.1. The zero-order chi connectivity index (χ0) is 25.8. The van der Waals surface area contributed by atoms with Crippen LogP contribution < -0.4 is 4.74 Å². The Morgan fingerprint density at radius 1 is 1.33 bits per heavy atom. The molecule has 1 aromatic heterocycles. The maximum Gasteiger partial charge on any atom is 0.259 e. The van der Waals surface area contributed by atoms with Crippen LogP contribution in [0.3, 0.4) is 0 Å². The second-order valence-corrected chi connectivity index (χ2v) is 9.87. The van der Waals surface area contributed by atoms with E-state index in [9.17, 15) is 19.1 Å². The lowest BCUT2D eigenvalue weighted by Crippen LogP contribution is -2.50. The second kappa shape index (κ2) is 11.2. The fourth-order valence-corrected chi connectivity index (χ4v) is 4.79. The first kappa shape index (κ1) is 25.8. The van der Waals surface area contributed by atoms with E-state index in [1.807, 2.05) is 19.9 Å². The van der Waals surface area contributed by atoms with Crippen LogP contribution in [0.25, 0.3) is 5.57 Å². The van der Waals surface area contributed by atoms with Gasteiger partial charge in [0.15, 0.2) is 0 Å². The van der Waals surface area contributed by atoms with Gasteiger partial charge in [-0.3, -0.25) is 9.59 Å². The van der Waals surface area contributed by atoms with Crippen molar-refractivity contribution in [1.29, 1.82) is 0 Å². The van der Waals surface area contributed by atoms with Crippen molar-refractivity contribution in [1.82, 2.24) is 14.8 Å². The summed E-state index contributed by atoms with van der Waals surface area (Å²) in [5.74, 6) is -0.970. The molecule has 1 aromatic carbocycles. The molecule has 2 aromatic rings. The average Bonchev–Trinajstić information content (AvgIpc) is 2.90. The van der Waals surface area contributed by atoms with Crippen molar-refractivity contribution in [3.8, 4) is 5.88 Å². The number of hydrogen-bond acceptors (Lipinski definition) is 5. The number of pyridine rings is 1. The van der Waals surface area contributed by atoms with Gasteiger partial charge >= 0.3 is 0 Å². The van der Waals surface area contributed by atoms with Crippen molar-refractivity contribution in [2.75, 3.05) is 26.7 Å². The van der Waals surface area contributed by atoms with Crippen LogP contribution in [0.15, 0.2) is 42.6 Å². The zero-order valence-corrected chi connectivity index (χ0v) is 21.1. The van der Waals surface area contributed by atoms with Crippen LogP contribution in [0.4, 0.5) is 4.39 Å². The van der Waals surface area contributed by atoms with Gasteiger partial charge in [-0.05, 0) is 68.0 Å². The Morgan fingerprint density at radius 2 is 2.14 bits per heavy atom. The summed E-state index contributed by atoms with van der Waals surface area (Å²) in [5, 5.41) is 9.86. The molecule has 7 nitrogen and oxygen atoms in total. The third-order valence-electron chi connectivity index (χ3n) is 7.05. The van der Waals surface area contributed by atoms with Crippen molar-refractivity contribution in [2.45, 2.75) is 51.7 Å². The van der Waals surface area contributed by atoms with Crippen molar-refractivity contribution >= 4 is 17.4 Å². The van der Waals surface area contributed by atoms with E-state index in [2.05, 4.69) is 11.1 Å². The summed E-state index contributed by atoms with van der Waals surface area (Å²) in [4.78, 5) is 34.3. The van der Waals surface area contributed by atoms with Gasteiger partial charge in [0.25, 0.3) is 11.8 Å². The molecular formula is C28H34FN3O4. The molecule has 8 heteroatoms. The molecule has 36 heavy (non-hydrogen) atoms. The molecule has 0 spiro atoms. The number of fused-ring (bicyclic) bond motifs is 1. The standard InChI is InChI=1S/C28H34FN3O4/c1-18-15-32(19(2)17-33)28(35)24-13-22(20-8-5-4-6-9-20)14-30-26(24)36-25(18)16-31(3)27(34)21-10-7-11-23(29)12-21/h7-8,10-14,18-19,25,33H,4-6,9,15-17H2,1-3H3/t18-,19+,25-/m1/s1. The highest BCUT2D eigenvalue weighted by Gasteiger charge is 2.35. The van der Waals surface area contributed by atoms with Gasteiger partial charge in [-0.1, -0.05) is 19.1 Å². The summed E-state index contributed by atoms with van der Waals surface area (Å²) in [6, 6.07) is 7.04. The number of hydrogen-bond donors (Lipinski definition) is 1. The number of rotatable bonds is 6. The molecule has 3 atom stereocenters. The number of ether oxygens (including phenoxy) is 1. The van der Waals surface area contributed by atoms with E-state index in [0.29, 0.717) is 12.1 Å². The van der Waals surface area contributed by atoms with Gasteiger partial charge in [-0.15, -0.1) is 0 Å². The lowest BCUT2D eigenvalue weighted by atomic mass is 9.93. The number of likely N-dealkylation sites (N-methyl/N-ethyl adjacent to an activating group) is 1. The molecule has 0 bridgehead atoms. The monoisotopic (exact) mass is 495 g/mol. The van der Waals surface area contributed by atoms with Gasteiger partial charge in [0.2, 0.25) is 5.88 Å².